The second-order valence-corrected chi connectivity index (χ2v) is 8.26. The first-order valence-corrected chi connectivity index (χ1v) is 10.8. The SMILES string of the molecule is CCN(CC)S(=O)(=O)c1ccc(C(=O)NCc2ccnc(-c3ccco3)c2)cc1. The number of furan rings is 1. The van der Waals surface area contributed by atoms with Gasteiger partial charge >= 0.3 is 0 Å². The van der Waals surface area contributed by atoms with E-state index in [1.54, 1.807) is 32.4 Å². The second-order valence-electron chi connectivity index (χ2n) is 6.32. The van der Waals surface area contributed by atoms with Gasteiger partial charge in [0.15, 0.2) is 5.76 Å². The Kier molecular flexibility index (Phi) is 6.46. The maximum absolute atomic E-state index is 12.5. The van der Waals surface area contributed by atoms with Gasteiger partial charge in [-0.15, -0.1) is 0 Å². The molecule has 0 unspecified atom stereocenters. The standard InChI is InChI=1S/C21H23N3O4S/c1-3-24(4-2)29(26,27)18-9-7-17(8-10-18)21(25)23-15-16-11-12-22-19(14-16)20-6-5-13-28-20/h5-14H,3-4,15H2,1-2H3,(H,23,25). The second kappa shape index (κ2) is 9.02. The molecule has 8 heteroatoms. The van der Waals surface area contributed by atoms with Crippen LogP contribution >= 0.6 is 0 Å². The molecule has 0 saturated carbocycles. The van der Waals surface area contributed by atoms with E-state index >= 15 is 0 Å². The number of amides is 1. The van der Waals surface area contributed by atoms with Crippen molar-refractivity contribution in [3.8, 4) is 11.5 Å². The summed E-state index contributed by atoms with van der Waals surface area (Å²) in [4.78, 5) is 16.9. The minimum atomic E-state index is -3.54. The highest BCUT2D eigenvalue weighted by Gasteiger charge is 2.21. The number of carbonyl (C=O) groups is 1. The fraction of sp³-hybridized carbons (Fsp3) is 0.238. The molecule has 0 saturated heterocycles. The highest BCUT2D eigenvalue weighted by molar-refractivity contribution is 7.89. The minimum absolute atomic E-state index is 0.176. The molecule has 2 heterocycles. The molecule has 0 bridgehead atoms. The summed E-state index contributed by atoms with van der Waals surface area (Å²) in [7, 11) is -3.54. The van der Waals surface area contributed by atoms with Crippen molar-refractivity contribution in [3.05, 3.63) is 72.1 Å². The molecule has 3 rings (SSSR count). The van der Waals surface area contributed by atoms with Gasteiger partial charge in [-0.05, 0) is 54.1 Å². The van der Waals surface area contributed by atoms with Crippen LogP contribution in [0.1, 0.15) is 29.8 Å². The van der Waals surface area contributed by atoms with Crippen LogP contribution in [0.15, 0.2) is 70.3 Å². The summed E-state index contributed by atoms with van der Waals surface area (Å²) in [5.74, 6) is 0.372. The average Bonchev–Trinajstić information content (AvgIpc) is 3.28. The van der Waals surface area contributed by atoms with E-state index in [9.17, 15) is 13.2 Å². The van der Waals surface area contributed by atoms with Gasteiger partial charge in [-0.25, -0.2) is 8.42 Å². The van der Waals surface area contributed by atoms with E-state index < -0.39 is 10.0 Å². The van der Waals surface area contributed by atoms with Crippen molar-refractivity contribution >= 4 is 15.9 Å². The molecule has 0 aliphatic carbocycles. The number of nitrogens with zero attached hydrogens (tertiary/aromatic N) is 2. The lowest BCUT2D eigenvalue weighted by atomic mass is 10.2. The summed E-state index contributed by atoms with van der Waals surface area (Å²) in [5, 5.41) is 2.83. The van der Waals surface area contributed by atoms with Gasteiger partial charge in [0.2, 0.25) is 10.0 Å². The van der Waals surface area contributed by atoms with E-state index in [0.717, 1.165) is 5.56 Å². The first-order chi connectivity index (χ1) is 14.0. The van der Waals surface area contributed by atoms with Crippen LogP contribution in [-0.2, 0) is 16.6 Å². The molecule has 152 valence electrons. The van der Waals surface area contributed by atoms with Crippen molar-refractivity contribution in [2.24, 2.45) is 0 Å². The number of hydrogen-bond acceptors (Lipinski definition) is 5. The van der Waals surface area contributed by atoms with Gasteiger partial charge in [0, 0.05) is 31.4 Å². The van der Waals surface area contributed by atoms with Crippen LogP contribution in [-0.4, -0.2) is 36.7 Å². The number of rotatable bonds is 8. The third-order valence-corrected chi connectivity index (χ3v) is 6.57. The lowest BCUT2D eigenvalue weighted by Gasteiger charge is -2.18. The molecule has 1 aromatic carbocycles. The number of pyridine rings is 1. The summed E-state index contributed by atoms with van der Waals surface area (Å²) in [6, 6.07) is 13.2. The van der Waals surface area contributed by atoms with Crippen LogP contribution in [0.4, 0.5) is 0 Å². The highest BCUT2D eigenvalue weighted by atomic mass is 32.2. The van der Waals surface area contributed by atoms with Crippen molar-refractivity contribution < 1.29 is 17.6 Å². The Bertz CT molecular complexity index is 1060. The van der Waals surface area contributed by atoms with Crippen molar-refractivity contribution in [2.45, 2.75) is 25.3 Å². The number of hydrogen-bond donors (Lipinski definition) is 1. The van der Waals surface area contributed by atoms with Gasteiger partial charge < -0.3 is 9.73 Å². The van der Waals surface area contributed by atoms with Gasteiger partial charge in [0.05, 0.1) is 11.2 Å². The summed E-state index contributed by atoms with van der Waals surface area (Å²) in [6.07, 6.45) is 3.24. The monoisotopic (exact) mass is 413 g/mol. The molecule has 2 aromatic heterocycles. The number of carbonyl (C=O) groups excluding carboxylic acids is 1. The van der Waals surface area contributed by atoms with E-state index in [4.69, 9.17) is 4.42 Å². The van der Waals surface area contributed by atoms with E-state index in [-0.39, 0.29) is 10.8 Å². The number of sulfonamides is 1. The Morgan fingerprint density at radius 2 is 1.83 bits per heavy atom. The number of nitrogens with one attached hydrogen (secondary N) is 1. The quantitative estimate of drug-likeness (QED) is 0.612. The first-order valence-electron chi connectivity index (χ1n) is 9.33. The normalized spacial score (nSPS) is 11.6. The largest absolute Gasteiger partial charge is 0.463 e. The van der Waals surface area contributed by atoms with Crippen LogP contribution in [0.3, 0.4) is 0 Å². The Labute approximate surface area is 170 Å². The highest BCUT2D eigenvalue weighted by Crippen LogP contribution is 2.19. The Morgan fingerprint density at radius 1 is 1.10 bits per heavy atom. The Morgan fingerprint density at radius 3 is 2.45 bits per heavy atom. The molecule has 0 atom stereocenters. The van der Waals surface area contributed by atoms with Gasteiger partial charge in [-0.3, -0.25) is 9.78 Å². The average molecular weight is 413 g/mol. The van der Waals surface area contributed by atoms with Crippen molar-refractivity contribution in [1.82, 2.24) is 14.6 Å². The van der Waals surface area contributed by atoms with Crippen molar-refractivity contribution in [3.63, 3.8) is 0 Å². The van der Waals surface area contributed by atoms with Crippen LogP contribution in [0.2, 0.25) is 0 Å². The fourth-order valence-electron chi connectivity index (χ4n) is 2.92. The lowest BCUT2D eigenvalue weighted by molar-refractivity contribution is 0.0951. The summed E-state index contributed by atoms with van der Waals surface area (Å²) >= 11 is 0. The van der Waals surface area contributed by atoms with Gasteiger partial charge in [-0.1, -0.05) is 13.8 Å². The summed E-state index contributed by atoms with van der Waals surface area (Å²) in [6.45, 7) is 4.69. The molecule has 0 spiro atoms. The maximum Gasteiger partial charge on any atom is 0.251 e. The predicted octanol–water partition coefficient (Wildman–Crippen LogP) is 3.30. The molecule has 1 N–H and O–H groups in total. The van der Waals surface area contributed by atoms with E-state index in [1.165, 1.54) is 28.6 Å². The molecule has 0 aliphatic heterocycles. The topological polar surface area (TPSA) is 92.5 Å². The van der Waals surface area contributed by atoms with Gasteiger partial charge in [-0.2, -0.15) is 4.31 Å². The fourth-order valence-corrected chi connectivity index (χ4v) is 4.38. The Hall–Kier alpha value is -2.97. The molecule has 29 heavy (non-hydrogen) atoms. The smallest absolute Gasteiger partial charge is 0.251 e. The molecule has 0 radical (unpaired) electrons. The maximum atomic E-state index is 12.5. The van der Waals surface area contributed by atoms with Crippen molar-refractivity contribution in [1.29, 1.82) is 0 Å². The zero-order valence-corrected chi connectivity index (χ0v) is 17.1. The predicted molar refractivity (Wildman–Crippen MR) is 110 cm³/mol. The third-order valence-electron chi connectivity index (χ3n) is 4.51. The zero-order valence-electron chi connectivity index (χ0n) is 16.3. The molecule has 7 nitrogen and oxygen atoms in total. The number of benzene rings is 1. The summed E-state index contributed by atoms with van der Waals surface area (Å²) in [5.41, 5.74) is 1.96. The van der Waals surface area contributed by atoms with Gasteiger partial charge in [0.25, 0.3) is 5.91 Å². The van der Waals surface area contributed by atoms with Crippen LogP contribution in [0, 0.1) is 0 Å². The molecule has 0 fully saturated rings. The Balaban J connectivity index is 1.67. The van der Waals surface area contributed by atoms with Crippen LogP contribution < -0.4 is 5.32 Å². The van der Waals surface area contributed by atoms with Crippen LogP contribution in [0.5, 0.6) is 0 Å². The molecule has 1 amide bonds. The number of aromatic nitrogens is 1. The van der Waals surface area contributed by atoms with E-state index in [2.05, 4.69) is 10.3 Å². The van der Waals surface area contributed by atoms with Crippen LogP contribution in [0.25, 0.3) is 11.5 Å². The van der Waals surface area contributed by atoms with E-state index in [1.807, 2.05) is 18.2 Å². The third kappa shape index (κ3) is 4.72. The van der Waals surface area contributed by atoms with Crippen molar-refractivity contribution in [2.75, 3.05) is 13.1 Å². The van der Waals surface area contributed by atoms with Gasteiger partial charge in [0.1, 0.15) is 5.69 Å². The van der Waals surface area contributed by atoms with E-state index in [0.29, 0.717) is 36.7 Å². The first kappa shape index (κ1) is 20.8. The molecular formula is C21H23N3O4S. The molecular weight excluding hydrogens is 390 g/mol. The zero-order chi connectivity index (χ0) is 20.9. The lowest BCUT2D eigenvalue weighted by Crippen LogP contribution is -2.30. The summed E-state index contributed by atoms with van der Waals surface area (Å²) < 4.78 is 31.8. The molecule has 3 aromatic rings. The molecule has 0 aliphatic rings. The minimum Gasteiger partial charge on any atom is -0.463 e.